The third kappa shape index (κ3) is 2.97. The average Bonchev–Trinajstić information content (AvgIpc) is 3.18. The molecule has 4 aromatic rings. The number of carbonyl (C=O) groups excluding carboxylic acids is 1. The molecular formula is C20H16N2O5S. The molecular weight excluding hydrogens is 380 g/mol. The Balaban J connectivity index is 1.90. The second-order valence-electron chi connectivity index (χ2n) is 5.98. The van der Waals surface area contributed by atoms with Crippen molar-refractivity contribution in [3.8, 4) is 17.2 Å². The Morgan fingerprint density at radius 1 is 1.14 bits per heavy atom. The highest BCUT2D eigenvalue weighted by molar-refractivity contribution is 7.15. The van der Waals surface area contributed by atoms with Gasteiger partial charge in [-0.15, -0.1) is 0 Å². The highest BCUT2D eigenvalue weighted by atomic mass is 32.1. The van der Waals surface area contributed by atoms with Crippen LogP contribution in [0.3, 0.4) is 0 Å². The largest absolute Gasteiger partial charge is 0.493 e. The van der Waals surface area contributed by atoms with Gasteiger partial charge in [0.05, 0.1) is 29.8 Å². The molecule has 0 radical (unpaired) electrons. The lowest BCUT2D eigenvalue weighted by atomic mass is 10.1. The van der Waals surface area contributed by atoms with Crippen molar-refractivity contribution in [1.82, 2.24) is 9.38 Å². The van der Waals surface area contributed by atoms with Gasteiger partial charge in [0.15, 0.2) is 16.5 Å². The molecule has 2 heterocycles. The number of ether oxygens (including phenoxy) is 3. The minimum Gasteiger partial charge on any atom is -0.493 e. The molecule has 0 aliphatic heterocycles. The Hall–Kier alpha value is -3.39. The normalized spacial score (nSPS) is 11.9. The molecule has 28 heavy (non-hydrogen) atoms. The molecule has 0 unspecified atom stereocenters. The number of esters is 1. The SMILES string of the molecule is COc1cc(/C=c2/sc3nc4ccccc4n3c2=O)cc(OC)c1OC(C)=O. The van der Waals surface area contributed by atoms with Gasteiger partial charge in [-0.25, -0.2) is 9.38 Å². The molecule has 8 heteroatoms. The predicted octanol–water partition coefficient (Wildman–Crippen LogP) is 2.40. The van der Waals surface area contributed by atoms with Gasteiger partial charge < -0.3 is 14.2 Å². The molecule has 2 aromatic heterocycles. The molecule has 4 rings (SSSR count). The zero-order valence-corrected chi connectivity index (χ0v) is 16.2. The average molecular weight is 396 g/mol. The standard InChI is InChI=1S/C20H16N2O5S/c1-11(23)27-18-15(25-2)8-12(9-16(18)26-3)10-17-19(24)22-14-7-5-4-6-13(14)21-20(22)28-17/h4-10H,1-3H3/b17-10+. The predicted molar refractivity (Wildman–Crippen MR) is 106 cm³/mol. The monoisotopic (exact) mass is 396 g/mol. The lowest BCUT2D eigenvalue weighted by Crippen LogP contribution is -2.22. The summed E-state index contributed by atoms with van der Waals surface area (Å²) >= 11 is 1.30. The van der Waals surface area contributed by atoms with Gasteiger partial charge in [-0.1, -0.05) is 23.5 Å². The number of fused-ring (bicyclic) bond motifs is 3. The Bertz CT molecular complexity index is 1300. The van der Waals surface area contributed by atoms with Gasteiger partial charge in [-0.2, -0.15) is 0 Å². The summed E-state index contributed by atoms with van der Waals surface area (Å²) in [6.07, 6.45) is 1.74. The maximum absolute atomic E-state index is 12.9. The van der Waals surface area contributed by atoms with Gasteiger partial charge in [0.25, 0.3) is 5.56 Å². The van der Waals surface area contributed by atoms with Crippen LogP contribution in [-0.4, -0.2) is 29.6 Å². The molecule has 0 N–H and O–H groups in total. The zero-order valence-electron chi connectivity index (χ0n) is 15.4. The van der Waals surface area contributed by atoms with E-state index in [-0.39, 0.29) is 11.3 Å². The minimum atomic E-state index is -0.485. The molecule has 0 amide bonds. The molecule has 7 nitrogen and oxygen atoms in total. The summed E-state index contributed by atoms with van der Waals surface area (Å²) < 4.78 is 18.0. The van der Waals surface area contributed by atoms with E-state index >= 15 is 0 Å². The van der Waals surface area contributed by atoms with Crippen LogP contribution in [0.4, 0.5) is 0 Å². The van der Waals surface area contributed by atoms with Crippen LogP contribution in [0.15, 0.2) is 41.2 Å². The number of carbonyl (C=O) groups is 1. The fraction of sp³-hybridized carbons (Fsp3) is 0.150. The molecule has 0 spiro atoms. The van der Waals surface area contributed by atoms with E-state index in [0.29, 0.717) is 26.6 Å². The fourth-order valence-electron chi connectivity index (χ4n) is 2.99. The van der Waals surface area contributed by atoms with Gasteiger partial charge in [0.1, 0.15) is 0 Å². The molecule has 0 aliphatic rings. The van der Waals surface area contributed by atoms with E-state index in [1.165, 1.54) is 32.5 Å². The Morgan fingerprint density at radius 2 is 1.82 bits per heavy atom. The first-order valence-electron chi connectivity index (χ1n) is 8.38. The number of hydrogen-bond acceptors (Lipinski definition) is 7. The van der Waals surface area contributed by atoms with Gasteiger partial charge >= 0.3 is 5.97 Å². The van der Waals surface area contributed by atoms with E-state index in [9.17, 15) is 9.59 Å². The molecule has 0 saturated heterocycles. The van der Waals surface area contributed by atoms with Gasteiger partial charge in [-0.05, 0) is 35.9 Å². The third-order valence-corrected chi connectivity index (χ3v) is 5.14. The second-order valence-corrected chi connectivity index (χ2v) is 6.99. The summed E-state index contributed by atoms with van der Waals surface area (Å²) in [6, 6.07) is 10.9. The quantitative estimate of drug-likeness (QED) is 0.389. The van der Waals surface area contributed by atoms with Crippen molar-refractivity contribution < 1.29 is 19.0 Å². The van der Waals surface area contributed by atoms with Crippen molar-refractivity contribution in [2.45, 2.75) is 6.92 Å². The van der Waals surface area contributed by atoms with E-state index in [1.54, 1.807) is 22.6 Å². The van der Waals surface area contributed by atoms with Crippen molar-refractivity contribution >= 4 is 39.4 Å². The Kier molecular flexibility index (Phi) is 4.48. The van der Waals surface area contributed by atoms with Gasteiger partial charge in [0.2, 0.25) is 5.75 Å². The van der Waals surface area contributed by atoms with Crippen LogP contribution in [0, 0.1) is 0 Å². The highest BCUT2D eigenvalue weighted by Gasteiger charge is 2.16. The molecule has 0 fully saturated rings. The smallest absolute Gasteiger partial charge is 0.308 e. The van der Waals surface area contributed by atoms with E-state index < -0.39 is 5.97 Å². The first-order chi connectivity index (χ1) is 13.5. The highest BCUT2D eigenvalue weighted by Crippen LogP contribution is 2.38. The van der Waals surface area contributed by atoms with Crippen LogP contribution in [0.1, 0.15) is 12.5 Å². The lowest BCUT2D eigenvalue weighted by molar-refractivity contribution is -0.132. The van der Waals surface area contributed by atoms with Gasteiger partial charge in [-0.3, -0.25) is 9.59 Å². The van der Waals surface area contributed by atoms with Crippen molar-refractivity contribution in [3.05, 3.63) is 56.8 Å². The number of rotatable bonds is 4. The first-order valence-corrected chi connectivity index (χ1v) is 9.19. The first kappa shape index (κ1) is 18.0. The van der Waals surface area contributed by atoms with Crippen LogP contribution < -0.4 is 24.3 Å². The Labute approximate surface area is 163 Å². The maximum Gasteiger partial charge on any atom is 0.308 e. The summed E-state index contributed by atoms with van der Waals surface area (Å²) in [5, 5.41) is 0. The number of thiazole rings is 1. The minimum absolute atomic E-state index is 0.143. The summed E-state index contributed by atoms with van der Waals surface area (Å²) in [4.78, 5) is 29.4. The summed E-state index contributed by atoms with van der Waals surface area (Å²) in [5.41, 5.74) is 2.09. The third-order valence-electron chi connectivity index (χ3n) is 4.17. The van der Waals surface area contributed by atoms with Crippen molar-refractivity contribution in [3.63, 3.8) is 0 Å². The molecule has 142 valence electrons. The fourth-order valence-corrected chi connectivity index (χ4v) is 3.98. The summed E-state index contributed by atoms with van der Waals surface area (Å²) in [7, 11) is 2.94. The number of para-hydroxylation sites is 2. The summed E-state index contributed by atoms with van der Waals surface area (Å²) in [5.74, 6) is 0.380. The number of imidazole rings is 1. The van der Waals surface area contributed by atoms with Crippen molar-refractivity contribution in [1.29, 1.82) is 0 Å². The van der Waals surface area contributed by atoms with Crippen molar-refractivity contribution in [2.75, 3.05) is 14.2 Å². The van der Waals surface area contributed by atoms with E-state index in [1.807, 2.05) is 24.3 Å². The molecule has 0 atom stereocenters. The van der Waals surface area contributed by atoms with E-state index in [4.69, 9.17) is 14.2 Å². The van der Waals surface area contributed by atoms with Crippen LogP contribution in [0.5, 0.6) is 17.2 Å². The number of hydrogen-bond donors (Lipinski definition) is 0. The Morgan fingerprint density at radius 3 is 2.46 bits per heavy atom. The molecule has 0 bridgehead atoms. The lowest BCUT2D eigenvalue weighted by Gasteiger charge is -2.13. The van der Waals surface area contributed by atoms with E-state index in [0.717, 1.165) is 11.0 Å². The van der Waals surface area contributed by atoms with Crippen LogP contribution in [0.25, 0.3) is 22.1 Å². The number of benzene rings is 2. The number of aromatic nitrogens is 2. The van der Waals surface area contributed by atoms with Crippen LogP contribution in [-0.2, 0) is 4.79 Å². The summed E-state index contributed by atoms with van der Waals surface area (Å²) in [6.45, 7) is 1.30. The zero-order chi connectivity index (χ0) is 19.8. The van der Waals surface area contributed by atoms with E-state index in [2.05, 4.69) is 4.98 Å². The van der Waals surface area contributed by atoms with Gasteiger partial charge in [0, 0.05) is 6.92 Å². The second kappa shape index (κ2) is 6.97. The topological polar surface area (TPSA) is 79.1 Å². The molecule has 2 aromatic carbocycles. The molecule has 0 saturated carbocycles. The van der Waals surface area contributed by atoms with Crippen molar-refractivity contribution in [2.24, 2.45) is 0 Å². The number of methoxy groups -OCH3 is 2. The van der Waals surface area contributed by atoms with Crippen LogP contribution in [0.2, 0.25) is 0 Å². The maximum atomic E-state index is 12.9. The van der Waals surface area contributed by atoms with Crippen LogP contribution >= 0.6 is 11.3 Å². The molecule has 0 aliphatic carbocycles. The number of nitrogens with zero attached hydrogens (tertiary/aromatic N) is 2.